The molecule has 14 heteroatoms. The predicted octanol–water partition coefficient (Wildman–Crippen LogP) is 5.41. The monoisotopic (exact) mass is 708 g/mol. The fourth-order valence-electron chi connectivity index (χ4n) is 6.22. The lowest BCUT2D eigenvalue weighted by atomic mass is 9.94. The Balaban J connectivity index is 1.25. The number of hydrogen-bond acceptors (Lipinski definition) is 11. The van der Waals surface area contributed by atoms with Crippen LogP contribution in [-0.4, -0.2) is 68.2 Å². The maximum atomic E-state index is 13.3. The molecule has 1 aliphatic rings. The number of anilines is 3. The molecule has 2 aromatic carbocycles. The molecule has 3 aromatic heterocycles. The lowest BCUT2D eigenvalue weighted by molar-refractivity contribution is -0.155. The minimum Gasteiger partial charge on any atom is -0.459 e. The first-order valence-corrected chi connectivity index (χ1v) is 17.5. The van der Waals surface area contributed by atoms with Crippen LogP contribution in [0.2, 0.25) is 0 Å². The normalized spacial score (nSPS) is 16.6. The van der Waals surface area contributed by atoms with Crippen LogP contribution in [0.1, 0.15) is 51.2 Å². The van der Waals surface area contributed by atoms with Gasteiger partial charge in [-0.15, -0.1) is 0 Å². The number of ether oxygens (including phenoxy) is 1. The van der Waals surface area contributed by atoms with E-state index in [2.05, 4.69) is 46.8 Å². The largest absolute Gasteiger partial charge is 0.459 e. The van der Waals surface area contributed by atoms with Gasteiger partial charge in [-0.25, -0.2) is 4.39 Å². The summed E-state index contributed by atoms with van der Waals surface area (Å²) in [6.07, 6.45) is 4.00. The standard InChI is InChI=1S/C38H45FN10O3/c1-21(2)30-19-45-49-34(30)47-37(43-18-26-12-14-41-20-31(26)52-36(51)32(40)22(3)4)48-38(49)44-17-25-8-6-7-9-28(25)33-29-11-10-27(46-35(50)23(5)39)16-24(29)13-15-42-33/h6-11,13,15-16,19,21-22,26,31-32,41H,5,12,14,17-18,20,40H2,1-4H3,(H,46,50)(H2,43,44,47,48)/t26-,31+,32+/m1/s1. The molecule has 52 heavy (non-hydrogen) atoms. The lowest BCUT2D eigenvalue weighted by Crippen LogP contribution is -2.48. The zero-order chi connectivity index (χ0) is 36.9. The fraction of sp³-hybridized carbons (Fsp3) is 0.368. The molecule has 13 nitrogen and oxygen atoms in total. The topological polar surface area (TPSA) is 173 Å². The number of rotatable bonds is 13. The maximum absolute atomic E-state index is 13.3. The van der Waals surface area contributed by atoms with Gasteiger partial charge in [0, 0.05) is 53.9 Å². The van der Waals surface area contributed by atoms with Crippen molar-refractivity contribution in [2.24, 2.45) is 17.6 Å². The van der Waals surface area contributed by atoms with Crippen molar-refractivity contribution in [2.75, 3.05) is 35.6 Å². The molecule has 6 rings (SSSR count). The van der Waals surface area contributed by atoms with Gasteiger partial charge < -0.3 is 31.7 Å². The van der Waals surface area contributed by atoms with Crippen molar-refractivity contribution in [3.63, 3.8) is 0 Å². The van der Waals surface area contributed by atoms with Crippen molar-refractivity contribution < 1.29 is 18.7 Å². The van der Waals surface area contributed by atoms with Crippen LogP contribution in [0.3, 0.4) is 0 Å². The Morgan fingerprint density at radius 2 is 1.92 bits per heavy atom. The van der Waals surface area contributed by atoms with Gasteiger partial charge in [-0.3, -0.25) is 14.6 Å². The lowest BCUT2D eigenvalue weighted by Gasteiger charge is -2.32. The minimum absolute atomic E-state index is 0.0211. The fourth-order valence-corrected chi connectivity index (χ4v) is 6.22. The zero-order valence-electron chi connectivity index (χ0n) is 29.8. The van der Waals surface area contributed by atoms with Crippen molar-refractivity contribution in [3.05, 3.63) is 84.5 Å². The van der Waals surface area contributed by atoms with Crippen LogP contribution < -0.4 is 27.0 Å². The van der Waals surface area contributed by atoms with E-state index in [9.17, 15) is 14.0 Å². The van der Waals surface area contributed by atoms with Gasteiger partial charge in [-0.2, -0.15) is 19.6 Å². The summed E-state index contributed by atoms with van der Waals surface area (Å²) >= 11 is 0. The van der Waals surface area contributed by atoms with Crippen LogP contribution in [0.15, 0.2) is 73.3 Å². The number of carbonyl (C=O) groups excluding carboxylic acids is 2. The average Bonchev–Trinajstić information content (AvgIpc) is 3.57. The highest BCUT2D eigenvalue weighted by molar-refractivity contribution is 6.04. The van der Waals surface area contributed by atoms with E-state index in [4.69, 9.17) is 25.4 Å². The molecule has 6 N–H and O–H groups in total. The summed E-state index contributed by atoms with van der Waals surface area (Å²) in [6, 6.07) is 14.4. The quantitative estimate of drug-likeness (QED) is 0.0782. The van der Waals surface area contributed by atoms with Gasteiger partial charge in [0.05, 0.1) is 11.9 Å². The van der Waals surface area contributed by atoms with Crippen molar-refractivity contribution in [1.29, 1.82) is 0 Å². The molecule has 1 saturated heterocycles. The number of carbonyl (C=O) groups is 2. The molecule has 0 aliphatic carbocycles. The third kappa shape index (κ3) is 8.03. The van der Waals surface area contributed by atoms with Crippen LogP contribution in [0.4, 0.5) is 22.0 Å². The number of amides is 1. The van der Waals surface area contributed by atoms with Gasteiger partial charge in [0.1, 0.15) is 12.1 Å². The number of halogens is 1. The Bertz CT molecular complexity index is 2100. The summed E-state index contributed by atoms with van der Waals surface area (Å²) < 4.78 is 20.9. The molecular formula is C38H45FN10O3. The molecule has 272 valence electrons. The molecule has 0 radical (unpaired) electrons. The summed E-state index contributed by atoms with van der Waals surface area (Å²) in [4.78, 5) is 39.0. The van der Waals surface area contributed by atoms with Gasteiger partial charge in [-0.05, 0) is 54.0 Å². The van der Waals surface area contributed by atoms with Crippen molar-refractivity contribution >= 4 is 45.9 Å². The molecule has 5 aromatic rings. The number of pyridine rings is 1. The van der Waals surface area contributed by atoms with E-state index in [-0.39, 0.29) is 23.9 Å². The van der Waals surface area contributed by atoms with Crippen molar-refractivity contribution in [2.45, 2.75) is 58.7 Å². The smallest absolute Gasteiger partial charge is 0.323 e. The number of aromatic nitrogens is 5. The molecule has 4 heterocycles. The zero-order valence-corrected chi connectivity index (χ0v) is 29.8. The number of hydrogen-bond donors (Lipinski definition) is 5. The van der Waals surface area contributed by atoms with E-state index in [0.717, 1.165) is 46.1 Å². The Labute approximate surface area is 301 Å². The summed E-state index contributed by atoms with van der Waals surface area (Å²) in [5.41, 5.74) is 10.8. The second-order valence-corrected chi connectivity index (χ2v) is 13.7. The highest BCUT2D eigenvalue weighted by Gasteiger charge is 2.31. The third-order valence-electron chi connectivity index (χ3n) is 9.34. The van der Waals surface area contributed by atoms with Crippen LogP contribution in [0.5, 0.6) is 0 Å². The van der Waals surface area contributed by atoms with Crippen LogP contribution in [0.25, 0.3) is 27.7 Å². The molecular weight excluding hydrogens is 663 g/mol. The SMILES string of the molecule is C=C(F)C(=O)Nc1ccc2c(-c3ccccc3CNc3nc(NC[C@H]4CCNC[C@@H]4OC(=O)[C@@H](N)C(C)C)nc4c(C(C)C)cnn34)nccc2c1. The Morgan fingerprint density at radius 3 is 2.69 bits per heavy atom. The highest BCUT2D eigenvalue weighted by Crippen LogP contribution is 2.32. The number of fused-ring (bicyclic) bond motifs is 2. The van der Waals surface area contributed by atoms with Gasteiger partial charge in [0.25, 0.3) is 5.91 Å². The average molecular weight is 709 g/mol. The van der Waals surface area contributed by atoms with Gasteiger partial charge >= 0.3 is 5.97 Å². The van der Waals surface area contributed by atoms with E-state index in [1.165, 1.54) is 0 Å². The second kappa shape index (κ2) is 15.8. The first kappa shape index (κ1) is 36.3. The molecule has 3 atom stereocenters. The number of piperidine rings is 1. The second-order valence-electron chi connectivity index (χ2n) is 13.7. The molecule has 1 amide bonds. The van der Waals surface area contributed by atoms with Gasteiger partial charge in [0.15, 0.2) is 11.5 Å². The van der Waals surface area contributed by atoms with Gasteiger partial charge in [-0.1, -0.05) is 64.6 Å². The molecule has 0 spiro atoms. The van der Waals surface area contributed by atoms with E-state index in [1.807, 2.05) is 56.4 Å². The number of nitrogens with two attached hydrogens (primary N) is 1. The summed E-state index contributed by atoms with van der Waals surface area (Å²) in [5.74, 6) is -1.21. The van der Waals surface area contributed by atoms with Crippen molar-refractivity contribution in [1.82, 2.24) is 29.9 Å². The van der Waals surface area contributed by atoms with Crippen LogP contribution >= 0.6 is 0 Å². The minimum atomic E-state index is -1.06. The van der Waals surface area contributed by atoms with Gasteiger partial charge in [0.2, 0.25) is 11.9 Å². The first-order valence-electron chi connectivity index (χ1n) is 17.5. The van der Waals surface area contributed by atoms with E-state index in [1.54, 1.807) is 22.8 Å². The van der Waals surface area contributed by atoms with Crippen LogP contribution in [0, 0.1) is 11.8 Å². The van der Waals surface area contributed by atoms with E-state index in [0.29, 0.717) is 42.9 Å². The molecule has 0 saturated carbocycles. The summed E-state index contributed by atoms with van der Waals surface area (Å²) in [6.45, 7) is 13.3. The number of benzene rings is 2. The maximum Gasteiger partial charge on any atom is 0.323 e. The molecule has 1 fully saturated rings. The van der Waals surface area contributed by atoms with E-state index >= 15 is 0 Å². The Hall–Kier alpha value is -5.47. The molecule has 0 unspecified atom stereocenters. The highest BCUT2D eigenvalue weighted by atomic mass is 19.1. The number of esters is 1. The Kier molecular flexibility index (Phi) is 11.1. The first-order chi connectivity index (χ1) is 25.0. The van der Waals surface area contributed by atoms with E-state index < -0.39 is 23.7 Å². The third-order valence-corrected chi connectivity index (χ3v) is 9.34. The number of nitrogens with zero attached hydrogens (tertiary/aromatic N) is 5. The molecule has 1 aliphatic heterocycles. The number of nitrogens with one attached hydrogen (secondary N) is 4. The Morgan fingerprint density at radius 1 is 1.12 bits per heavy atom. The predicted molar refractivity (Wildman–Crippen MR) is 200 cm³/mol. The summed E-state index contributed by atoms with van der Waals surface area (Å²) in [7, 11) is 0. The summed E-state index contributed by atoms with van der Waals surface area (Å²) in [5, 5.41) is 19.1. The van der Waals surface area contributed by atoms with Crippen molar-refractivity contribution in [3.8, 4) is 11.3 Å². The van der Waals surface area contributed by atoms with Crippen LogP contribution in [-0.2, 0) is 20.9 Å². The molecule has 0 bridgehead atoms.